The Morgan fingerprint density at radius 1 is 1.33 bits per heavy atom. The zero-order valence-electron chi connectivity index (χ0n) is 8.89. The van der Waals surface area contributed by atoms with Gasteiger partial charge in [-0.2, -0.15) is 0 Å². The lowest BCUT2D eigenvalue weighted by Gasteiger charge is -2.12. The van der Waals surface area contributed by atoms with Gasteiger partial charge in [0.15, 0.2) is 0 Å². The molecule has 0 aliphatic carbocycles. The number of phosphoric acid groups is 1. The number of rotatable bonds is 5. The summed E-state index contributed by atoms with van der Waals surface area (Å²) in [6, 6.07) is 0. The molecule has 15 heavy (non-hydrogen) atoms. The summed E-state index contributed by atoms with van der Waals surface area (Å²) < 4.78 is 19.6. The Kier molecular flexibility index (Phi) is 5.57. The molecule has 0 atom stereocenters. The smallest absolute Gasteiger partial charge is 0.463 e. The number of allylic oxidation sites excluding steroid dienone is 1. The molecule has 0 fully saturated rings. The van der Waals surface area contributed by atoms with E-state index < -0.39 is 13.8 Å². The Labute approximate surface area is 88.1 Å². The summed E-state index contributed by atoms with van der Waals surface area (Å²) in [6.45, 7) is 4.85. The van der Waals surface area contributed by atoms with Crippen LogP contribution in [0.25, 0.3) is 0 Å². The Morgan fingerprint density at radius 3 is 2.20 bits per heavy atom. The number of ether oxygens (including phenoxy) is 1. The lowest BCUT2D eigenvalue weighted by Crippen LogP contribution is -2.08. The highest BCUT2D eigenvalue weighted by atomic mass is 31.2. The lowest BCUT2D eigenvalue weighted by atomic mass is 10.2. The molecule has 6 nitrogen and oxygen atoms in total. The van der Waals surface area contributed by atoms with Crippen molar-refractivity contribution in [3.05, 3.63) is 11.3 Å². The molecule has 88 valence electrons. The third kappa shape index (κ3) is 5.57. The first-order valence-corrected chi connectivity index (χ1v) is 5.96. The maximum atomic E-state index is 11.2. The number of esters is 1. The molecule has 0 saturated carbocycles. The van der Waals surface area contributed by atoms with Crippen molar-refractivity contribution in [2.45, 2.75) is 27.2 Å². The summed E-state index contributed by atoms with van der Waals surface area (Å²) in [4.78, 5) is 28.4. The first-order chi connectivity index (χ1) is 6.81. The van der Waals surface area contributed by atoms with E-state index in [4.69, 9.17) is 9.79 Å². The summed E-state index contributed by atoms with van der Waals surface area (Å²) in [5.41, 5.74) is 0.0719. The summed E-state index contributed by atoms with van der Waals surface area (Å²) in [5.74, 6) is -0.690. The van der Waals surface area contributed by atoms with Gasteiger partial charge in [0.05, 0.1) is 12.2 Å². The summed E-state index contributed by atoms with van der Waals surface area (Å²) in [7, 11) is -4.62. The number of carbonyl (C=O) groups excluding carboxylic acids is 1. The molecule has 0 aromatic rings. The van der Waals surface area contributed by atoms with E-state index in [-0.39, 0.29) is 24.4 Å². The van der Waals surface area contributed by atoms with Crippen molar-refractivity contribution in [1.82, 2.24) is 0 Å². The molecule has 0 unspecified atom stereocenters. The van der Waals surface area contributed by atoms with E-state index in [1.807, 2.05) is 0 Å². The van der Waals surface area contributed by atoms with Crippen molar-refractivity contribution in [3.8, 4) is 0 Å². The number of phosphoric ester groups is 1. The highest BCUT2D eigenvalue weighted by Crippen LogP contribution is 2.40. The first kappa shape index (κ1) is 14.2. The summed E-state index contributed by atoms with van der Waals surface area (Å²) >= 11 is 0. The number of hydrogen-bond acceptors (Lipinski definition) is 4. The zero-order chi connectivity index (χ0) is 12.1. The van der Waals surface area contributed by atoms with Gasteiger partial charge in [0.2, 0.25) is 0 Å². The van der Waals surface area contributed by atoms with E-state index in [0.717, 1.165) is 0 Å². The second-order valence-electron chi connectivity index (χ2n) is 2.70. The Hall–Kier alpha value is -0.840. The lowest BCUT2D eigenvalue weighted by molar-refractivity contribution is -0.138. The fraction of sp³-hybridized carbons (Fsp3) is 0.625. The number of hydrogen-bond donors (Lipinski definition) is 2. The molecule has 0 amide bonds. The van der Waals surface area contributed by atoms with Gasteiger partial charge in [0.1, 0.15) is 5.76 Å². The van der Waals surface area contributed by atoms with Crippen molar-refractivity contribution >= 4 is 13.8 Å². The highest BCUT2D eigenvalue weighted by molar-refractivity contribution is 7.46. The average molecular weight is 238 g/mol. The molecule has 2 N–H and O–H groups in total. The predicted octanol–water partition coefficient (Wildman–Crippen LogP) is 1.34. The fourth-order valence-corrected chi connectivity index (χ4v) is 1.45. The largest absolute Gasteiger partial charge is 0.524 e. The van der Waals surface area contributed by atoms with Gasteiger partial charge in [-0.25, -0.2) is 9.36 Å². The topological polar surface area (TPSA) is 93.1 Å². The second-order valence-corrected chi connectivity index (χ2v) is 3.87. The van der Waals surface area contributed by atoms with Crippen LogP contribution >= 0.6 is 7.82 Å². The van der Waals surface area contributed by atoms with Crippen LogP contribution in [0.1, 0.15) is 27.2 Å². The molecule has 0 rings (SSSR count). The van der Waals surface area contributed by atoms with Crippen molar-refractivity contribution in [1.29, 1.82) is 0 Å². The van der Waals surface area contributed by atoms with Gasteiger partial charge in [-0.05, 0) is 13.8 Å². The molecule has 0 aliphatic heterocycles. The van der Waals surface area contributed by atoms with Gasteiger partial charge < -0.3 is 9.26 Å². The van der Waals surface area contributed by atoms with Crippen LogP contribution in [0.15, 0.2) is 11.3 Å². The van der Waals surface area contributed by atoms with Gasteiger partial charge >= 0.3 is 13.8 Å². The van der Waals surface area contributed by atoms with Gasteiger partial charge in [-0.15, -0.1) is 0 Å². The average Bonchev–Trinajstić information content (AvgIpc) is 2.12. The van der Waals surface area contributed by atoms with Crippen LogP contribution in [0, 0.1) is 0 Å². The normalized spacial score (nSPS) is 13.1. The molecule has 0 aromatic heterocycles. The van der Waals surface area contributed by atoms with Gasteiger partial charge in [0, 0.05) is 6.42 Å². The molecular weight excluding hydrogens is 223 g/mol. The molecule has 7 heteroatoms. The summed E-state index contributed by atoms with van der Waals surface area (Å²) in [6.07, 6.45) is 0.204. The van der Waals surface area contributed by atoms with Crippen LogP contribution in [0.5, 0.6) is 0 Å². The van der Waals surface area contributed by atoms with Crippen molar-refractivity contribution in [3.63, 3.8) is 0 Å². The fourth-order valence-electron chi connectivity index (χ4n) is 0.895. The third-order valence-electron chi connectivity index (χ3n) is 1.55. The van der Waals surface area contributed by atoms with E-state index in [1.54, 1.807) is 13.8 Å². The van der Waals surface area contributed by atoms with E-state index >= 15 is 0 Å². The van der Waals surface area contributed by atoms with Crippen LogP contribution in [0.2, 0.25) is 0 Å². The zero-order valence-corrected chi connectivity index (χ0v) is 9.78. The van der Waals surface area contributed by atoms with Crippen molar-refractivity contribution < 1.29 is 28.4 Å². The quantitative estimate of drug-likeness (QED) is 0.325. The van der Waals surface area contributed by atoms with Crippen LogP contribution in [-0.2, 0) is 18.6 Å². The molecule has 0 heterocycles. The first-order valence-electron chi connectivity index (χ1n) is 4.43. The second kappa shape index (κ2) is 5.90. The molecule has 0 saturated heterocycles. The van der Waals surface area contributed by atoms with Gasteiger partial charge in [-0.3, -0.25) is 9.79 Å². The molecular formula is C8H15O6P. The molecule has 0 aliphatic rings. The van der Waals surface area contributed by atoms with Crippen LogP contribution in [0.4, 0.5) is 0 Å². The van der Waals surface area contributed by atoms with E-state index in [0.29, 0.717) is 0 Å². The Morgan fingerprint density at radius 2 is 1.87 bits per heavy atom. The minimum absolute atomic E-state index is 0.0539. The van der Waals surface area contributed by atoms with Gasteiger partial charge in [0.25, 0.3) is 0 Å². The standard InChI is InChI=1S/C8H15O6P/c1-4-7(14-15(10,11)12)6(3)8(9)13-5-2/h4-5H2,1-3H3,(H2,10,11,12). The predicted molar refractivity (Wildman–Crippen MR) is 52.8 cm³/mol. The maximum absolute atomic E-state index is 11.2. The molecule has 0 aromatic carbocycles. The minimum atomic E-state index is -4.62. The van der Waals surface area contributed by atoms with Crippen LogP contribution in [0.3, 0.4) is 0 Å². The molecule has 0 spiro atoms. The summed E-state index contributed by atoms with van der Waals surface area (Å²) in [5, 5.41) is 0. The third-order valence-corrected chi connectivity index (χ3v) is 2.01. The highest BCUT2D eigenvalue weighted by Gasteiger charge is 2.21. The minimum Gasteiger partial charge on any atom is -0.463 e. The SMILES string of the molecule is CCOC(=O)C(C)=C(CC)OP(=O)(O)O. The monoisotopic (exact) mass is 238 g/mol. The molecule has 0 bridgehead atoms. The van der Waals surface area contributed by atoms with Crippen molar-refractivity contribution in [2.75, 3.05) is 6.61 Å². The number of carbonyl (C=O) groups is 1. The Bertz CT molecular complexity index is 302. The van der Waals surface area contributed by atoms with Gasteiger partial charge in [-0.1, -0.05) is 6.92 Å². The Balaban J connectivity index is 4.82. The molecule has 0 radical (unpaired) electrons. The van der Waals surface area contributed by atoms with E-state index in [9.17, 15) is 9.36 Å². The van der Waals surface area contributed by atoms with Crippen LogP contribution < -0.4 is 0 Å². The van der Waals surface area contributed by atoms with Crippen LogP contribution in [-0.4, -0.2) is 22.4 Å². The maximum Gasteiger partial charge on any atom is 0.524 e. The van der Waals surface area contributed by atoms with E-state index in [1.165, 1.54) is 6.92 Å². The van der Waals surface area contributed by atoms with Crippen molar-refractivity contribution in [2.24, 2.45) is 0 Å². The van der Waals surface area contributed by atoms with E-state index in [2.05, 4.69) is 9.26 Å².